The number of aryl methyl sites for hydroxylation is 1. The topological polar surface area (TPSA) is 62.8 Å². The fourth-order valence-electron chi connectivity index (χ4n) is 2.69. The van der Waals surface area contributed by atoms with E-state index >= 15 is 0 Å². The molecular formula is C20H33BClNO4S. The first-order valence-electron chi connectivity index (χ1n) is 9.65. The van der Waals surface area contributed by atoms with Gasteiger partial charge in [-0.05, 0) is 85.6 Å². The maximum absolute atomic E-state index is 12.7. The van der Waals surface area contributed by atoms with Crippen LogP contribution in [0, 0.1) is 6.92 Å². The Balaban J connectivity index is 2.08. The van der Waals surface area contributed by atoms with E-state index in [1.165, 1.54) is 0 Å². The van der Waals surface area contributed by atoms with E-state index in [-0.39, 0.29) is 5.94 Å². The van der Waals surface area contributed by atoms with Crippen LogP contribution in [-0.2, 0) is 20.7 Å². The molecule has 1 aliphatic heterocycles. The zero-order chi connectivity index (χ0) is 21.3. The van der Waals surface area contributed by atoms with Gasteiger partial charge in [0, 0.05) is 16.4 Å². The molecule has 1 aromatic rings. The normalized spacial score (nSPS) is 20.9. The van der Waals surface area contributed by atoms with Crippen molar-refractivity contribution in [3.05, 3.63) is 28.8 Å². The molecule has 158 valence electrons. The molecule has 0 unspecified atom stereocenters. The highest BCUT2D eigenvalue weighted by molar-refractivity contribution is 7.90. The van der Waals surface area contributed by atoms with Gasteiger partial charge in [-0.2, -0.15) is 0 Å². The molecule has 0 aliphatic carbocycles. The Morgan fingerprint density at radius 2 is 1.79 bits per heavy atom. The summed E-state index contributed by atoms with van der Waals surface area (Å²) in [7, 11) is -0.508. The largest absolute Gasteiger partial charge is 0.598 e. The van der Waals surface area contributed by atoms with Gasteiger partial charge in [0.15, 0.2) is 0 Å². The van der Waals surface area contributed by atoms with Crippen LogP contribution in [0.5, 0.6) is 5.75 Å². The highest BCUT2D eigenvalue weighted by Gasteiger charge is 2.55. The van der Waals surface area contributed by atoms with Crippen molar-refractivity contribution >= 4 is 30.1 Å². The molecular weight excluding hydrogens is 397 g/mol. The van der Waals surface area contributed by atoms with E-state index < -0.39 is 34.4 Å². The second-order valence-electron chi connectivity index (χ2n) is 9.28. The Labute approximate surface area is 178 Å². The van der Waals surface area contributed by atoms with Gasteiger partial charge in [-0.25, -0.2) is 0 Å². The number of hydrogen-bond acceptors (Lipinski definition) is 5. The zero-order valence-electron chi connectivity index (χ0n) is 18.2. The minimum absolute atomic E-state index is 0.270. The van der Waals surface area contributed by atoms with Crippen LogP contribution in [0.4, 0.5) is 0 Å². The second-order valence-corrected chi connectivity index (χ2v) is 11.7. The minimum atomic E-state index is -1.25. The van der Waals surface area contributed by atoms with E-state index in [0.29, 0.717) is 18.1 Å². The van der Waals surface area contributed by atoms with Crippen LogP contribution < -0.4 is 9.46 Å². The van der Waals surface area contributed by atoms with E-state index in [0.717, 1.165) is 11.3 Å². The Morgan fingerprint density at radius 3 is 2.29 bits per heavy atom. The first kappa shape index (κ1) is 23.8. The molecule has 1 N–H and O–H groups in total. The molecule has 0 radical (unpaired) electrons. The van der Waals surface area contributed by atoms with Crippen molar-refractivity contribution in [1.29, 1.82) is 0 Å². The zero-order valence-corrected chi connectivity index (χ0v) is 19.8. The van der Waals surface area contributed by atoms with Crippen LogP contribution in [0.3, 0.4) is 0 Å². The summed E-state index contributed by atoms with van der Waals surface area (Å²) in [6.45, 7) is 16.2. The van der Waals surface area contributed by atoms with Gasteiger partial charge in [-0.15, -0.1) is 4.72 Å². The van der Waals surface area contributed by atoms with Crippen molar-refractivity contribution in [2.24, 2.45) is 0 Å². The van der Waals surface area contributed by atoms with Gasteiger partial charge in [-0.3, -0.25) is 0 Å². The lowest BCUT2D eigenvalue weighted by atomic mass is 9.77. The molecule has 1 aromatic carbocycles. The maximum Gasteiger partial charge on any atom is 0.480 e. The average molecular weight is 430 g/mol. The lowest BCUT2D eigenvalue weighted by Gasteiger charge is -2.32. The predicted molar refractivity (Wildman–Crippen MR) is 117 cm³/mol. The van der Waals surface area contributed by atoms with Crippen LogP contribution in [0.1, 0.15) is 60.5 Å². The second kappa shape index (κ2) is 8.74. The van der Waals surface area contributed by atoms with Gasteiger partial charge in [0.2, 0.25) is 0 Å². The Kier molecular flexibility index (Phi) is 7.44. The van der Waals surface area contributed by atoms with Gasteiger partial charge in [0.1, 0.15) is 10.5 Å². The molecule has 28 heavy (non-hydrogen) atoms. The summed E-state index contributed by atoms with van der Waals surface area (Å²) in [5.74, 6) is 0.516. The van der Waals surface area contributed by atoms with Crippen molar-refractivity contribution in [3.8, 4) is 5.75 Å². The van der Waals surface area contributed by atoms with E-state index in [2.05, 4.69) is 4.72 Å². The van der Waals surface area contributed by atoms with Gasteiger partial charge in [0.25, 0.3) is 0 Å². The molecule has 1 heterocycles. The van der Waals surface area contributed by atoms with Gasteiger partial charge in [-0.1, -0.05) is 11.6 Å². The smallest absolute Gasteiger partial charge is 0.480 e. The molecule has 0 amide bonds. The fourth-order valence-corrected chi connectivity index (χ4v) is 3.77. The number of ether oxygens (including phenoxy) is 1. The molecule has 5 nitrogen and oxygen atoms in total. The maximum atomic E-state index is 12.7. The Bertz CT molecular complexity index is 665. The molecule has 1 saturated heterocycles. The molecule has 1 fully saturated rings. The Hall–Kier alpha value is -0.435. The first-order chi connectivity index (χ1) is 12.7. The monoisotopic (exact) mass is 429 g/mol. The summed E-state index contributed by atoms with van der Waals surface area (Å²) in [6.07, 6.45) is 0.584. The number of benzene rings is 1. The van der Waals surface area contributed by atoms with Crippen LogP contribution in [-0.4, -0.2) is 40.2 Å². The molecule has 1 aliphatic rings. The Morgan fingerprint density at radius 1 is 1.21 bits per heavy atom. The van der Waals surface area contributed by atoms with Crippen molar-refractivity contribution < 1.29 is 18.6 Å². The quantitative estimate of drug-likeness (QED) is 0.512. The molecule has 2 rings (SSSR count). The molecule has 8 heteroatoms. The van der Waals surface area contributed by atoms with Gasteiger partial charge >= 0.3 is 7.12 Å². The predicted octanol–water partition coefficient (Wildman–Crippen LogP) is 4.47. The summed E-state index contributed by atoms with van der Waals surface area (Å²) >= 11 is 4.76. The third-order valence-electron chi connectivity index (χ3n) is 5.24. The standard InChI is InChI=1S/C20H33BClNO4S/c1-14-13-15(22)9-10-16(14)25-12-11-17(23-28(24)18(2,3)4)21-26-19(5,6)20(7,8)27-21/h9-10,13,17,23H,11-12H2,1-8H3/t17-,28+/m1/s1. The third kappa shape index (κ3) is 5.80. The van der Waals surface area contributed by atoms with Crippen molar-refractivity contribution in [2.75, 3.05) is 6.61 Å². The summed E-state index contributed by atoms with van der Waals surface area (Å²) in [6, 6.07) is 5.54. The van der Waals surface area contributed by atoms with Crippen molar-refractivity contribution in [3.63, 3.8) is 0 Å². The number of nitrogens with one attached hydrogen (secondary N) is 1. The van der Waals surface area contributed by atoms with E-state index in [4.69, 9.17) is 25.6 Å². The summed E-state index contributed by atoms with van der Waals surface area (Å²) in [5, 5.41) is 0.683. The molecule has 0 aromatic heterocycles. The molecule has 0 saturated carbocycles. The molecule has 0 bridgehead atoms. The van der Waals surface area contributed by atoms with Crippen LogP contribution in [0.2, 0.25) is 5.02 Å². The summed E-state index contributed by atoms with van der Waals surface area (Å²) in [5.41, 5.74) is 0.0778. The van der Waals surface area contributed by atoms with Crippen LogP contribution in [0.25, 0.3) is 0 Å². The fraction of sp³-hybridized carbons (Fsp3) is 0.700. The molecule has 2 atom stereocenters. The van der Waals surface area contributed by atoms with E-state index in [1.807, 2.05) is 73.6 Å². The van der Waals surface area contributed by atoms with Gasteiger partial charge in [0.05, 0.1) is 23.8 Å². The lowest BCUT2D eigenvalue weighted by molar-refractivity contribution is 0.00578. The number of rotatable bonds is 7. The highest BCUT2D eigenvalue weighted by atomic mass is 35.5. The van der Waals surface area contributed by atoms with E-state index in [9.17, 15) is 4.55 Å². The molecule has 0 spiro atoms. The summed E-state index contributed by atoms with van der Waals surface area (Å²) in [4.78, 5) is 0. The highest BCUT2D eigenvalue weighted by Crippen LogP contribution is 2.38. The summed E-state index contributed by atoms with van der Waals surface area (Å²) < 4.78 is 33.8. The minimum Gasteiger partial charge on any atom is -0.598 e. The van der Waals surface area contributed by atoms with Crippen molar-refractivity contribution in [2.45, 2.75) is 83.7 Å². The third-order valence-corrected chi connectivity index (χ3v) is 7.10. The SMILES string of the molecule is Cc1cc(Cl)ccc1OCC[C@@H](N[S@@+]([O-])C(C)(C)C)B1OC(C)(C)C(C)(C)O1. The first-order valence-corrected chi connectivity index (χ1v) is 11.2. The van der Waals surface area contributed by atoms with Crippen molar-refractivity contribution in [1.82, 2.24) is 4.72 Å². The van der Waals surface area contributed by atoms with E-state index in [1.54, 1.807) is 0 Å². The average Bonchev–Trinajstić information content (AvgIpc) is 2.75. The lowest BCUT2D eigenvalue weighted by Crippen LogP contribution is -2.52. The van der Waals surface area contributed by atoms with Crippen LogP contribution in [0.15, 0.2) is 18.2 Å². The number of hydrogen-bond donors (Lipinski definition) is 1. The van der Waals surface area contributed by atoms with Gasteiger partial charge < -0.3 is 18.6 Å². The van der Waals surface area contributed by atoms with Crippen LogP contribution >= 0.6 is 11.6 Å². The number of halogens is 1.